The van der Waals surface area contributed by atoms with Gasteiger partial charge in [-0.2, -0.15) is 0 Å². The standard InChI is InChI=1S/C17H31N3/c1-12(2)11-14-15(18)20(17(3,4)5)16(19-14)13-9-7-6-8-10-13/h12-13H,6-11,18H2,1-5H3. The lowest BCUT2D eigenvalue weighted by Gasteiger charge is -2.29. The molecule has 114 valence electrons. The maximum absolute atomic E-state index is 6.45. The molecule has 0 spiro atoms. The topological polar surface area (TPSA) is 43.8 Å². The van der Waals surface area contributed by atoms with Gasteiger partial charge in [-0.15, -0.1) is 0 Å². The minimum atomic E-state index is 0.0130. The third-order valence-electron chi connectivity index (χ3n) is 4.26. The predicted molar refractivity (Wildman–Crippen MR) is 86.0 cm³/mol. The number of anilines is 1. The summed E-state index contributed by atoms with van der Waals surface area (Å²) in [7, 11) is 0. The molecule has 2 rings (SSSR count). The summed E-state index contributed by atoms with van der Waals surface area (Å²) in [4.78, 5) is 4.98. The van der Waals surface area contributed by atoms with Crippen molar-refractivity contribution in [2.75, 3.05) is 5.73 Å². The van der Waals surface area contributed by atoms with Crippen molar-refractivity contribution in [2.45, 2.75) is 84.6 Å². The molecule has 0 bridgehead atoms. The molecule has 1 aromatic heterocycles. The molecule has 1 heterocycles. The van der Waals surface area contributed by atoms with Crippen LogP contribution in [0.4, 0.5) is 5.82 Å². The molecule has 1 fully saturated rings. The van der Waals surface area contributed by atoms with Crippen LogP contribution < -0.4 is 5.73 Å². The molecule has 0 atom stereocenters. The zero-order chi connectivity index (χ0) is 14.9. The molecule has 1 saturated carbocycles. The molecule has 20 heavy (non-hydrogen) atoms. The van der Waals surface area contributed by atoms with Crippen molar-refractivity contribution in [3.8, 4) is 0 Å². The van der Waals surface area contributed by atoms with E-state index in [4.69, 9.17) is 10.7 Å². The second-order valence-corrected chi connectivity index (χ2v) is 7.74. The molecule has 3 heteroatoms. The van der Waals surface area contributed by atoms with E-state index in [0.717, 1.165) is 17.9 Å². The predicted octanol–water partition coefficient (Wildman–Crippen LogP) is 4.47. The number of aromatic nitrogens is 2. The maximum atomic E-state index is 6.45. The number of nitrogen functional groups attached to an aromatic ring is 1. The van der Waals surface area contributed by atoms with Crippen molar-refractivity contribution in [2.24, 2.45) is 5.92 Å². The van der Waals surface area contributed by atoms with Gasteiger partial charge in [0.25, 0.3) is 0 Å². The average Bonchev–Trinajstić information content (AvgIpc) is 2.67. The van der Waals surface area contributed by atoms with Gasteiger partial charge < -0.3 is 10.3 Å². The van der Waals surface area contributed by atoms with E-state index in [1.807, 2.05) is 0 Å². The van der Waals surface area contributed by atoms with Crippen molar-refractivity contribution < 1.29 is 0 Å². The van der Waals surface area contributed by atoms with Crippen molar-refractivity contribution in [3.63, 3.8) is 0 Å². The smallest absolute Gasteiger partial charge is 0.127 e. The first-order valence-corrected chi connectivity index (χ1v) is 8.18. The van der Waals surface area contributed by atoms with Crippen LogP contribution in [0.2, 0.25) is 0 Å². The Hall–Kier alpha value is -0.990. The van der Waals surface area contributed by atoms with Gasteiger partial charge in [-0.1, -0.05) is 33.1 Å². The van der Waals surface area contributed by atoms with E-state index in [9.17, 15) is 0 Å². The molecule has 0 radical (unpaired) electrons. The third kappa shape index (κ3) is 3.18. The van der Waals surface area contributed by atoms with Gasteiger partial charge in [0.2, 0.25) is 0 Å². The van der Waals surface area contributed by atoms with Crippen LogP contribution in [-0.4, -0.2) is 9.55 Å². The Morgan fingerprint density at radius 1 is 1.20 bits per heavy atom. The van der Waals surface area contributed by atoms with E-state index in [-0.39, 0.29) is 5.54 Å². The molecule has 0 aromatic carbocycles. The lowest BCUT2D eigenvalue weighted by Crippen LogP contribution is -2.27. The molecule has 3 nitrogen and oxygen atoms in total. The summed E-state index contributed by atoms with van der Waals surface area (Å²) in [5.74, 6) is 3.34. The molecule has 1 aliphatic carbocycles. The first-order valence-electron chi connectivity index (χ1n) is 8.18. The molecular weight excluding hydrogens is 246 g/mol. The largest absolute Gasteiger partial charge is 0.384 e. The molecule has 0 aliphatic heterocycles. The Bertz CT molecular complexity index is 446. The van der Waals surface area contributed by atoms with Gasteiger partial charge in [-0.25, -0.2) is 4.98 Å². The Balaban J connectivity index is 2.42. The van der Waals surface area contributed by atoms with Gasteiger partial charge in [0.1, 0.15) is 11.6 Å². The van der Waals surface area contributed by atoms with Crippen LogP contribution in [0.1, 0.15) is 84.2 Å². The molecule has 2 N–H and O–H groups in total. The lowest BCUT2D eigenvalue weighted by molar-refractivity contribution is 0.349. The van der Waals surface area contributed by atoms with E-state index in [1.54, 1.807) is 0 Å². The molecule has 1 aromatic rings. The minimum absolute atomic E-state index is 0.0130. The van der Waals surface area contributed by atoms with Crippen LogP contribution >= 0.6 is 0 Å². The SMILES string of the molecule is CC(C)Cc1nc(C2CCCCC2)n(C(C)(C)C)c1N. The van der Waals surface area contributed by atoms with E-state index in [0.29, 0.717) is 11.8 Å². The summed E-state index contributed by atoms with van der Waals surface area (Å²) >= 11 is 0. The first-order chi connectivity index (χ1) is 9.30. The van der Waals surface area contributed by atoms with Crippen LogP contribution in [-0.2, 0) is 12.0 Å². The Labute approximate surface area is 124 Å². The number of nitrogens with two attached hydrogens (primary N) is 1. The fourth-order valence-electron chi connectivity index (χ4n) is 3.37. The summed E-state index contributed by atoms with van der Waals surface area (Å²) < 4.78 is 2.31. The number of imidazole rings is 1. The normalized spacial score (nSPS) is 17.9. The fourth-order valence-corrected chi connectivity index (χ4v) is 3.37. The number of hydrogen-bond acceptors (Lipinski definition) is 2. The van der Waals surface area contributed by atoms with Gasteiger partial charge in [-0.05, 0) is 46.0 Å². The minimum Gasteiger partial charge on any atom is -0.384 e. The maximum Gasteiger partial charge on any atom is 0.127 e. The van der Waals surface area contributed by atoms with Gasteiger partial charge in [0, 0.05) is 11.5 Å². The molecule has 1 aliphatic rings. The summed E-state index contributed by atoms with van der Waals surface area (Å²) in [6.07, 6.45) is 7.57. The molecular formula is C17H31N3. The highest BCUT2D eigenvalue weighted by Crippen LogP contribution is 2.37. The molecule has 0 saturated heterocycles. The number of rotatable bonds is 3. The first kappa shape index (κ1) is 15.4. The van der Waals surface area contributed by atoms with E-state index in [2.05, 4.69) is 39.2 Å². The van der Waals surface area contributed by atoms with Crippen molar-refractivity contribution >= 4 is 5.82 Å². The van der Waals surface area contributed by atoms with E-state index < -0.39 is 0 Å². The zero-order valence-corrected chi connectivity index (χ0v) is 13.9. The van der Waals surface area contributed by atoms with Crippen LogP contribution in [0.25, 0.3) is 0 Å². The van der Waals surface area contributed by atoms with Crippen LogP contribution in [0.3, 0.4) is 0 Å². The summed E-state index contributed by atoms with van der Waals surface area (Å²) in [6, 6.07) is 0. The highest BCUT2D eigenvalue weighted by Gasteiger charge is 2.29. The van der Waals surface area contributed by atoms with Crippen LogP contribution in [0.15, 0.2) is 0 Å². The summed E-state index contributed by atoms with van der Waals surface area (Å²) in [5.41, 5.74) is 7.57. The quantitative estimate of drug-likeness (QED) is 0.886. The van der Waals surface area contributed by atoms with Crippen LogP contribution in [0, 0.1) is 5.92 Å². The Kier molecular flexibility index (Phi) is 4.46. The second-order valence-electron chi connectivity index (χ2n) is 7.74. The Morgan fingerprint density at radius 2 is 1.80 bits per heavy atom. The number of hydrogen-bond donors (Lipinski definition) is 1. The Morgan fingerprint density at radius 3 is 2.30 bits per heavy atom. The van der Waals surface area contributed by atoms with Crippen molar-refractivity contribution in [1.82, 2.24) is 9.55 Å². The molecule has 0 amide bonds. The van der Waals surface area contributed by atoms with Gasteiger partial charge in [-0.3, -0.25) is 0 Å². The van der Waals surface area contributed by atoms with E-state index in [1.165, 1.54) is 37.9 Å². The lowest BCUT2D eigenvalue weighted by atomic mass is 9.88. The van der Waals surface area contributed by atoms with Gasteiger partial charge in [0.15, 0.2) is 0 Å². The summed E-state index contributed by atoms with van der Waals surface area (Å²) in [5, 5.41) is 0. The molecule has 0 unspecified atom stereocenters. The van der Waals surface area contributed by atoms with Gasteiger partial charge in [0.05, 0.1) is 5.69 Å². The monoisotopic (exact) mass is 277 g/mol. The fraction of sp³-hybridized carbons (Fsp3) is 0.824. The van der Waals surface area contributed by atoms with Gasteiger partial charge >= 0.3 is 0 Å². The van der Waals surface area contributed by atoms with Crippen molar-refractivity contribution in [1.29, 1.82) is 0 Å². The zero-order valence-electron chi connectivity index (χ0n) is 13.9. The third-order valence-corrected chi connectivity index (χ3v) is 4.26. The second kappa shape index (κ2) is 5.79. The van der Waals surface area contributed by atoms with Crippen molar-refractivity contribution in [3.05, 3.63) is 11.5 Å². The summed E-state index contributed by atoms with van der Waals surface area (Å²) in [6.45, 7) is 11.2. The highest BCUT2D eigenvalue weighted by atomic mass is 15.2. The van der Waals surface area contributed by atoms with Crippen LogP contribution in [0.5, 0.6) is 0 Å². The average molecular weight is 277 g/mol. The van der Waals surface area contributed by atoms with E-state index >= 15 is 0 Å². The number of nitrogens with zero attached hydrogens (tertiary/aromatic N) is 2. The highest BCUT2D eigenvalue weighted by molar-refractivity contribution is 5.40.